The zero-order chi connectivity index (χ0) is 17.0. The second-order valence-electron chi connectivity index (χ2n) is 5.94. The van der Waals surface area contributed by atoms with Crippen molar-refractivity contribution in [2.75, 3.05) is 0 Å². The molecule has 0 N–H and O–H groups in total. The van der Waals surface area contributed by atoms with Crippen molar-refractivity contribution < 1.29 is 0 Å². The van der Waals surface area contributed by atoms with Gasteiger partial charge in [0.2, 0.25) is 0 Å². The van der Waals surface area contributed by atoms with E-state index >= 15 is 0 Å². The SMILES string of the molecule is c1ccc([P+](Cc2cncs2)(c2ccccc2)c2ccccc2)cc1. The molecule has 4 aromatic rings. The Morgan fingerprint density at radius 1 is 0.640 bits per heavy atom. The molecule has 0 aliphatic carbocycles. The van der Waals surface area contributed by atoms with Crippen LogP contribution in [0.4, 0.5) is 0 Å². The molecule has 25 heavy (non-hydrogen) atoms. The third-order valence-corrected chi connectivity index (χ3v) is 9.82. The van der Waals surface area contributed by atoms with Crippen molar-refractivity contribution in [1.82, 2.24) is 4.98 Å². The van der Waals surface area contributed by atoms with Crippen LogP contribution in [0.3, 0.4) is 0 Å². The summed E-state index contributed by atoms with van der Waals surface area (Å²) in [5.41, 5.74) is 1.94. The Kier molecular flexibility index (Phi) is 4.74. The third-order valence-electron chi connectivity index (χ3n) is 4.47. The first-order chi connectivity index (χ1) is 12.4. The highest BCUT2D eigenvalue weighted by Gasteiger charge is 2.45. The molecule has 122 valence electrons. The fourth-order valence-electron chi connectivity index (χ4n) is 3.32. The first kappa shape index (κ1) is 16.2. The third kappa shape index (κ3) is 3.16. The fraction of sp³-hybridized carbons (Fsp3) is 0.0455. The molecule has 3 heteroatoms. The van der Waals surface area contributed by atoms with E-state index in [2.05, 4.69) is 96.0 Å². The fourth-order valence-corrected chi connectivity index (χ4v) is 8.61. The molecule has 0 atom stereocenters. The van der Waals surface area contributed by atoms with Crippen LogP contribution < -0.4 is 15.9 Å². The van der Waals surface area contributed by atoms with Gasteiger partial charge in [-0.2, -0.15) is 0 Å². The van der Waals surface area contributed by atoms with Gasteiger partial charge in [-0.05, 0) is 36.4 Å². The van der Waals surface area contributed by atoms with Gasteiger partial charge in [-0.15, -0.1) is 11.3 Å². The Morgan fingerprint density at radius 2 is 1.08 bits per heavy atom. The van der Waals surface area contributed by atoms with Crippen LogP contribution in [0.5, 0.6) is 0 Å². The second kappa shape index (κ2) is 7.31. The van der Waals surface area contributed by atoms with Crippen LogP contribution in [0.15, 0.2) is 103 Å². The van der Waals surface area contributed by atoms with Gasteiger partial charge >= 0.3 is 0 Å². The van der Waals surface area contributed by atoms with E-state index in [1.54, 1.807) is 11.3 Å². The van der Waals surface area contributed by atoms with Gasteiger partial charge in [-0.3, -0.25) is 4.98 Å². The van der Waals surface area contributed by atoms with Crippen molar-refractivity contribution in [2.45, 2.75) is 6.16 Å². The summed E-state index contributed by atoms with van der Waals surface area (Å²) in [5, 5.41) is 4.25. The van der Waals surface area contributed by atoms with Gasteiger partial charge in [0.05, 0.1) is 10.4 Å². The predicted molar refractivity (Wildman–Crippen MR) is 111 cm³/mol. The maximum absolute atomic E-state index is 4.32. The molecule has 0 saturated carbocycles. The van der Waals surface area contributed by atoms with Gasteiger partial charge in [0.15, 0.2) is 0 Å². The maximum Gasteiger partial charge on any atom is 0.117 e. The molecule has 1 heterocycles. The maximum atomic E-state index is 4.32. The van der Waals surface area contributed by atoms with E-state index in [4.69, 9.17) is 0 Å². The average molecular weight is 360 g/mol. The van der Waals surface area contributed by atoms with Gasteiger partial charge in [0.25, 0.3) is 0 Å². The number of rotatable bonds is 5. The van der Waals surface area contributed by atoms with Crippen molar-refractivity contribution in [3.8, 4) is 0 Å². The van der Waals surface area contributed by atoms with E-state index in [-0.39, 0.29) is 0 Å². The van der Waals surface area contributed by atoms with Crippen molar-refractivity contribution in [2.24, 2.45) is 0 Å². The van der Waals surface area contributed by atoms with Crippen molar-refractivity contribution >= 4 is 34.5 Å². The molecule has 0 saturated heterocycles. The van der Waals surface area contributed by atoms with E-state index in [1.165, 1.54) is 20.8 Å². The number of hydrogen-bond donors (Lipinski definition) is 0. The summed E-state index contributed by atoms with van der Waals surface area (Å²) in [7, 11) is -1.77. The molecule has 0 bridgehead atoms. The minimum absolute atomic E-state index is 1.01. The molecule has 0 radical (unpaired) electrons. The predicted octanol–water partition coefficient (Wildman–Crippen LogP) is 4.64. The standard InChI is InChI=1S/C22H19NPS/c1-4-10-19(11-5-1)24(17-22-16-23-18-25-22,20-12-6-2-7-13-20)21-14-8-3-9-15-21/h1-16,18H,17H2/q+1. The van der Waals surface area contributed by atoms with E-state index in [0.29, 0.717) is 0 Å². The van der Waals surface area contributed by atoms with Crippen molar-refractivity contribution in [1.29, 1.82) is 0 Å². The first-order valence-electron chi connectivity index (χ1n) is 8.32. The number of hydrogen-bond acceptors (Lipinski definition) is 2. The number of nitrogens with zero attached hydrogens (tertiary/aromatic N) is 1. The molecule has 0 unspecified atom stereocenters. The summed E-state index contributed by atoms with van der Waals surface area (Å²) >= 11 is 1.75. The van der Waals surface area contributed by atoms with Crippen LogP contribution in [0, 0.1) is 0 Å². The first-order valence-corrected chi connectivity index (χ1v) is 11.2. The molecule has 1 aromatic heterocycles. The topological polar surface area (TPSA) is 12.9 Å². The van der Waals surface area contributed by atoms with Crippen LogP contribution in [-0.4, -0.2) is 4.98 Å². The zero-order valence-electron chi connectivity index (χ0n) is 13.8. The van der Waals surface area contributed by atoms with Gasteiger partial charge in [0, 0.05) is 6.20 Å². The lowest BCUT2D eigenvalue weighted by Gasteiger charge is -2.27. The molecular weight excluding hydrogens is 341 g/mol. The molecule has 4 rings (SSSR count). The summed E-state index contributed by atoms with van der Waals surface area (Å²) in [6.07, 6.45) is 3.03. The monoisotopic (exact) mass is 360 g/mol. The second-order valence-corrected chi connectivity index (χ2v) is 10.4. The molecule has 0 amide bonds. The Labute approximate surface area is 153 Å². The molecule has 0 fully saturated rings. The van der Waals surface area contributed by atoms with E-state index in [0.717, 1.165) is 6.16 Å². The summed E-state index contributed by atoms with van der Waals surface area (Å²) < 4.78 is 0. The van der Waals surface area contributed by atoms with Crippen LogP contribution in [-0.2, 0) is 6.16 Å². The van der Waals surface area contributed by atoms with E-state index in [9.17, 15) is 0 Å². The van der Waals surface area contributed by atoms with Crippen LogP contribution in [0.25, 0.3) is 0 Å². The molecule has 3 aromatic carbocycles. The van der Waals surface area contributed by atoms with Gasteiger partial charge in [0.1, 0.15) is 29.3 Å². The highest BCUT2D eigenvalue weighted by molar-refractivity contribution is 7.95. The van der Waals surface area contributed by atoms with Gasteiger partial charge in [-0.25, -0.2) is 0 Å². The summed E-state index contributed by atoms with van der Waals surface area (Å²) in [6.45, 7) is 0. The Morgan fingerprint density at radius 3 is 1.44 bits per heavy atom. The lowest BCUT2D eigenvalue weighted by atomic mass is 10.4. The highest BCUT2D eigenvalue weighted by Crippen LogP contribution is 2.58. The zero-order valence-corrected chi connectivity index (χ0v) is 15.5. The normalized spacial score (nSPS) is 11.4. The van der Waals surface area contributed by atoms with Crippen molar-refractivity contribution in [3.63, 3.8) is 0 Å². The van der Waals surface area contributed by atoms with Crippen molar-refractivity contribution in [3.05, 3.63) is 108 Å². The van der Waals surface area contributed by atoms with Crippen LogP contribution >= 0.6 is 18.6 Å². The number of aromatic nitrogens is 1. The van der Waals surface area contributed by atoms with Crippen LogP contribution in [0.1, 0.15) is 4.88 Å². The van der Waals surface area contributed by atoms with Gasteiger partial charge in [-0.1, -0.05) is 54.6 Å². The molecule has 0 spiro atoms. The quantitative estimate of drug-likeness (QED) is 0.473. The molecule has 0 aliphatic heterocycles. The summed E-state index contributed by atoms with van der Waals surface area (Å²) in [6, 6.07) is 32.9. The van der Waals surface area contributed by atoms with Crippen LogP contribution in [0.2, 0.25) is 0 Å². The lowest BCUT2D eigenvalue weighted by Crippen LogP contribution is -2.32. The average Bonchev–Trinajstić information content (AvgIpc) is 3.21. The summed E-state index contributed by atoms with van der Waals surface area (Å²) in [4.78, 5) is 5.66. The van der Waals surface area contributed by atoms with Gasteiger partial charge < -0.3 is 0 Å². The molecule has 0 aliphatic rings. The Bertz CT molecular complexity index is 810. The highest BCUT2D eigenvalue weighted by atomic mass is 32.1. The number of thiazole rings is 1. The Hall–Kier alpha value is -2.28. The largest absolute Gasteiger partial charge is 0.253 e. The number of benzene rings is 3. The Balaban J connectivity index is 2.01. The minimum Gasteiger partial charge on any atom is -0.253 e. The minimum atomic E-state index is -1.77. The smallest absolute Gasteiger partial charge is 0.117 e. The van der Waals surface area contributed by atoms with E-state index in [1.807, 2.05) is 11.7 Å². The van der Waals surface area contributed by atoms with E-state index < -0.39 is 7.26 Å². The summed E-state index contributed by atoms with van der Waals surface area (Å²) in [5.74, 6) is 0. The molecule has 1 nitrogen and oxygen atoms in total. The lowest BCUT2D eigenvalue weighted by molar-refractivity contribution is 1.36. The molecular formula is C22H19NPS+.